The minimum absolute atomic E-state index is 0.0905. The second-order valence-electron chi connectivity index (χ2n) is 19.7. The summed E-state index contributed by atoms with van der Waals surface area (Å²) in [5, 5.41) is 23.1. The number of unbranched alkanes of at least 4 members (excludes halogenated alkanes) is 22. The Balaban J connectivity index is 3.68. The zero-order valence-electron chi connectivity index (χ0n) is 47.3. The normalized spacial score (nSPS) is 14.0. The number of hydrogen-bond acceptors (Lipinski definition) is 3. The van der Waals surface area contributed by atoms with Crippen molar-refractivity contribution in [3.05, 3.63) is 158 Å². The Labute approximate surface area is 452 Å². The lowest BCUT2D eigenvalue weighted by Crippen LogP contribution is -2.45. The molecule has 4 heteroatoms. The van der Waals surface area contributed by atoms with Crippen LogP contribution in [-0.4, -0.2) is 34.9 Å². The summed E-state index contributed by atoms with van der Waals surface area (Å²) in [5.41, 5.74) is 0. The third kappa shape index (κ3) is 58.8. The molecule has 412 valence electrons. The van der Waals surface area contributed by atoms with Crippen LogP contribution in [0.5, 0.6) is 0 Å². The van der Waals surface area contributed by atoms with Crippen LogP contribution in [0.3, 0.4) is 0 Å². The van der Waals surface area contributed by atoms with E-state index in [-0.39, 0.29) is 12.5 Å². The number of aliphatic hydroxyl groups is 2. The Hall–Kier alpha value is -3.99. The Bertz CT molecular complexity index is 1560. The molecule has 0 rings (SSSR count). The molecule has 0 bridgehead atoms. The molecule has 0 saturated heterocycles. The van der Waals surface area contributed by atoms with Gasteiger partial charge in [0.2, 0.25) is 5.91 Å². The van der Waals surface area contributed by atoms with Crippen molar-refractivity contribution in [1.29, 1.82) is 0 Å². The van der Waals surface area contributed by atoms with Gasteiger partial charge in [-0.25, -0.2) is 0 Å². The second kappa shape index (κ2) is 62.3. The van der Waals surface area contributed by atoms with Crippen molar-refractivity contribution in [2.24, 2.45) is 0 Å². The Morgan fingerprint density at radius 1 is 0.342 bits per heavy atom. The van der Waals surface area contributed by atoms with E-state index >= 15 is 0 Å². The summed E-state index contributed by atoms with van der Waals surface area (Å²) in [6.07, 6.45) is 99.8. The van der Waals surface area contributed by atoms with Crippen molar-refractivity contribution in [1.82, 2.24) is 5.32 Å². The minimum Gasteiger partial charge on any atom is -0.394 e. The predicted octanol–water partition coefficient (Wildman–Crippen LogP) is 20.5. The zero-order chi connectivity index (χ0) is 52.7. The van der Waals surface area contributed by atoms with Crippen LogP contribution in [0, 0.1) is 0 Å². The Kier molecular flexibility index (Phi) is 58.9. The standard InChI is InChI=1S/C69H113NO3/c1-3-5-7-9-11-13-15-17-19-21-23-25-26-27-28-29-30-31-32-33-34-35-36-37-38-39-40-41-42-43-44-45-47-49-51-53-55-57-59-61-63-65-69(73)70-67(66-71)68(72)64-62-60-58-56-54-52-50-48-46-24-22-20-18-16-14-12-10-8-6-4-2/h5,7,11,13,17,19,23,25,27-28,30-31,33-34,36-37,39-40,42-43,45,47,54,56,62,64,67-68,71-72H,3-4,6,8-10,12,14-16,18,20-22,24,26,29,32,35,38,41,44,46,48-53,55,57-61,63,65-66H2,1-2H3,(H,70,73)/b7-5-,13-11-,19-17-,25-23-,28-27-,31-30-,34-33-,37-36-,40-39-,43-42-,47-45-,56-54+,64-62+. The fourth-order valence-electron chi connectivity index (χ4n) is 8.20. The molecule has 73 heavy (non-hydrogen) atoms. The lowest BCUT2D eigenvalue weighted by atomic mass is 10.0. The first-order chi connectivity index (χ1) is 36.2. The number of carbonyl (C=O) groups is 1. The largest absolute Gasteiger partial charge is 0.394 e. The quantitative estimate of drug-likeness (QED) is 0.0420. The molecule has 0 aromatic heterocycles. The lowest BCUT2D eigenvalue weighted by molar-refractivity contribution is -0.123. The fraction of sp³-hybridized carbons (Fsp3) is 0.609. The van der Waals surface area contributed by atoms with E-state index in [1.165, 1.54) is 116 Å². The summed E-state index contributed by atoms with van der Waals surface area (Å²) in [6.45, 7) is 4.18. The van der Waals surface area contributed by atoms with Gasteiger partial charge < -0.3 is 15.5 Å². The number of carbonyl (C=O) groups excluding carboxylic acids is 1. The molecule has 0 aliphatic heterocycles. The number of amides is 1. The molecular formula is C69H113NO3. The molecule has 0 aliphatic carbocycles. The van der Waals surface area contributed by atoms with Crippen molar-refractivity contribution in [3.8, 4) is 0 Å². The number of nitrogens with one attached hydrogen (secondary N) is 1. The third-order valence-electron chi connectivity index (χ3n) is 12.7. The SMILES string of the molecule is CC/C=C\C/C=C\C/C=C\C/C=C\C/C=C\C/C=C\C/C=C\C/C=C\C/C=C\C/C=C\C/C=C\CCCCCCCCCC(=O)NC(CO)C(O)/C=C/CC/C=C/CCCCCCCCCCCCCCCC. The molecule has 0 fully saturated rings. The average Bonchev–Trinajstić information content (AvgIpc) is 3.40. The second-order valence-corrected chi connectivity index (χ2v) is 19.7. The van der Waals surface area contributed by atoms with E-state index in [0.717, 1.165) is 116 Å². The third-order valence-corrected chi connectivity index (χ3v) is 12.7. The molecule has 0 aromatic carbocycles. The highest BCUT2D eigenvalue weighted by molar-refractivity contribution is 5.76. The van der Waals surface area contributed by atoms with E-state index in [1.807, 2.05) is 6.08 Å². The van der Waals surface area contributed by atoms with Crippen LogP contribution in [0.15, 0.2) is 158 Å². The maximum atomic E-state index is 12.5. The molecule has 0 radical (unpaired) electrons. The molecule has 3 N–H and O–H groups in total. The predicted molar refractivity (Wildman–Crippen MR) is 326 cm³/mol. The van der Waals surface area contributed by atoms with Gasteiger partial charge in [-0.15, -0.1) is 0 Å². The molecule has 0 heterocycles. The van der Waals surface area contributed by atoms with Gasteiger partial charge in [0, 0.05) is 6.42 Å². The number of hydrogen-bond donors (Lipinski definition) is 3. The monoisotopic (exact) mass is 1000 g/mol. The van der Waals surface area contributed by atoms with Crippen molar-refractivity contribution < 1.29 is 15.0 Å². The molecule has 0 spiro atoms. The van der Waals surface area contributed by atoms with E-state index in [4.69, 9.17) is 0 Å². The van der Waals surface area contributed by atoms with E-state index in [1.54, 1.807) is 6.08 Å². The van der Waals surface area contributed by atoms with Crippen molar-refractivity contribution in [2.75, 3.05) is 6.61 Å². The summed E-state index contributed by atoms with van der Waals surface area (Å²) in [6, 6.07) is -0.657. The zero-order valence-corrected chi connectivity index (χ0v) is 47.3. The van der Waals surface area contributed by atoms with Crippen LogP contribution in [0.2, 0.25) is 0 Å². The minimum atomic E-state index is -0.879. The van der Waals surface area contributed by atoms with E-state index in [0.29, 0.717) is 6.42 Å². The lowest BCUT2D eigenvalue weighted by Gasteiger charge is -2.19. The van der Waals surface area contributed by atoms with Crippen LogP contribution in [0.1, 0.15) is 251 Å². The average molecular weight is 1000 g/mol. The van der Waals surface area contributed by atoms with Gasteiger partial charge in [-0.2, -0.15) is 0 Å². The van der Waals surface area contributed by atoms with Crippen molar-refractivity contribution in [2.45, 2.75) is 264 Å². The maximum absolute atomic E-state index is 12.5. The highest BCUT2D eigenvalue weighted by atomic mass is 16.3. The van der Waals surface area contributed by atoms with Crippen LogP contribution in [-0.2, 0) is 4.79 Å². The maximum Gasteiger partial charge on any atom is 0.220 e. The number of rotatable bonds is 53. The molecule has 1 amide bonds. The first-order valence-electron chi connectivity index (χ1n) is 30.2. The van der Waals surface area contributed by atoms with Gasteiger partial charge in [0.1, 0.15) is 0 Å². The van der Waals surface area contributed by atoms with Crippen LogP contribution in [0.4, 0.5) is 0 Å². The summed E-state index contributed by atoms with van der Waals surface area (Å²) in [4.78, 5) is 12.5. The number of aliphatic hydroxyl groups excluding tert-OH is 2. The van der Waals surface area contributed by atoms with Gasteiger partial charge in [0.15, 0.2) is 0 Å². The van der Waals surface area contributed by atoms with Crippen LogP contribution in [0.25, 0.3) is 0 Å². The molecule has 0 aromatic rings. The first-order valence-corrected chi connectivity index (χ1v) is 30.2. The summed E-state index contributed by atoms with van der Waals surface area (Å²) < 4.78 is 0. The molecule has 0 saturated carbocycles. The summed E-state index contributed by atoms with van der Waals surface area (Å²) >= 11 is 0. The number of allylic oxidation sites excluding steroid dienone is 25. The topological polar surface area (TPSA) is 69.6 Å². The van der Waals surface area contributed by atoms with Gasteiger partial charge in [0.25, 0.3) is 0 Å². The summed E-state index contributed by atoms with van der Waals surface area (Å²) in [7, 11) is 0. The fourth-order valence-corrected chi connectivity index (χ4v) is 8.20. The smallest absolute Gasteiger partial charge is 0.220 e. The molecular weight excluding hydrogens is 891 g/mol. The van der Waals surface area contributed by atoms with E-state index in [9.17, 15) is 15.0 Å². The van der Waals surface area contributed by atoms with E-state index in [2.05, 4.69) is 165 Å². The first kappa shape index (κ1) is 69.0. The van der Waals surface area contributed by atoms with Gasteiger partial charge in [-0.1, -0.05) is 287 Å². The van der Waals surface area contributed by atoms with Crippen LogP contribution < -0.4 is 5.32 Å². The molecule has 4 nitrogen and oxygen atoms in total. The van der Waals surface area contributed by atoms with Crippen LogP contribution >= 0.6 is 0 Å². The molecule has 2 unspecified atom stereocenters. The molecule has 2 atom stereocenters. The highest BCUT2D eigenvalue weighted by Crippen LogP contribution is 2.14. The van der Waals surface area contributed by atoms with Crippen molar-refractivity contribution >= 4 is 5.91 Å². The van der Waals surface area contributed by atoms with E-state index < -0.39 is 12.1 Å². The van der Waals surface area contributed by atoms with Gasteiger partial charge >= 0.3 is 0 Å². The molecule has 0 aliphatic rings. The van der Waals surface area contributed by atoms with Gasteiger partial charge in [-0.05, 0) is 116 Å². The van der Waals surface area contributed by atoms with Gasteiger partial charge in [-0.3, -0.25) is 4.79 Å². The Morgan fingerprint density at radius 2 is 0.616 bits per heavy atom. The highest BCUT2D eigenvalue weighted by Gasteiger charge is 2.18. The summed E-state index contributed by atoms with van der Waals surface area (Å²) in [5.74, 6) is -0.0905. The Morgan fingerprint density at radius 3 is 0.959 bits per heavy atom. The van der Waals surface area contributed by atoms with Crippen molar-refractivity contribution in [3.63, 3.8) is 0 Å². The van der Waals surface area contributed by atoms with Gasteiger partial charge in [0.05, 0.1) is 18.8 Å².